The van der Waals surface area contributed by atoms with E-state index in [1.54, 1.807) is 0 Å². The Kier molecular flexibility index (Phi) is 8.65. The van der Waals surface area contributed by atoms with Crippen LogP contribution in [0.2, 0.25) is 0 Å². The topological polar surface area (TPSA) is 38.7 Å². The second-order valence-corrected chi connectivity index (χ2v) is 5.59. The highest BCUT2D eigenvalue weighted by molar-refractivity contribution is 8.00. The van der Waals surface area contributed by atoms with Crippen LogP contribution in [0.3, 0.4) is 0 Å². The molecule has 0 aromatic rings. The fourth-order valence-electron chi connectivity index (χ4n) is 0.547. The second-order valence-electron chi connectivity index (χ2n) is 2.40. The SMILES string of the molecule is C#CCOCC(S)CPOC(O)(S)S. The molecule has 0 aromatic carbocycles. The first-order chi connectivity index (χ1) is 6.45. The van der Waals surface area contributed by atoms with E-state index in [2.05, 4.69) is 43.8 Å². The Bertz CT molecular complexity index is 190. The molecule has 0 bridgehead atoms. The maximum absolute atomic E-state index is 8.98. The van der Waals surface area contributed by atoms with E-state index in [-0.39, 0.29) is 20.7 Å². The van der Waals surface area contributed by atoms with Crippen molar-refractivity contribution in [2.45, 2.75) is 9.70 Å². The minimum Gasteiger partial charge on any atom is -0.368 e. The van der Waals surface area contributed by atoms with E-state index in [1.807, 2.05) is 0 Å². The van der Waals surface area contributed by atoms with Crippen molar-refractivity contribution >= 4 is 46.7 Å². The molecule has 0 heterocycles. The van der Waals surface area contributed by atoms with E-state index >= 15 is 0 Å². The van der Waals surface area contributed by atoms with Crippen molar-refractivity contribution in [3.63, 3.8) is 0 Å². The van der Waals surface area contributed by atoms with Gasteiger partial charge in [-0.05, 0) is 0 Å². The molecule has 0 saturated carbocycles. The van der Waals surface area contributed by atoms with Crippen molar-refractivity contribution in [3.05, 3.63) is 0 Å². The first-order valence-electron chi connectivity index (χ1n) is 3.73. The van der Waals surface area contributed by atoms with E-state index in [1.165, 1.54) is 0 Å². The Balaban J connectivity index is 3.36. The lowest BCUT2D eigenvalue weighted by Gasteiger charge is -2.17. The molecule has 3 nitrogen and oxygen atoms in total. The van der Waals surface area contributed by atoms with Gasteiger partial charge in [-0.15, -0.1) is 31.7 Å². The van der Waals surface area contributed by atoms with Gasteiger partial charge in [0.25, 0.3) is 4.45 Å². The summed E-state index contributed by atoms with van der Waals surface area (Å²) >= 11 is 11.6. The van der Waals surface area contributed by atoms with Crippen molar-refractivity contribution in [2.24, 2.45) is 0 Å². The van der Waals surface area contributed by atoms with Crippen LogP contribution < -0.4 is 0 Å². The van der Waals surface area contributed by atoms with Crippen LogP contribution in [-0.2, 0) is 9.26 Å². The van der Waals surface area contributed by atoms with Crippen molar-refractivity contribution in [1.29, 1.82) is 0 Å². The van der Waals surface area contributed by atoms with Crippen molar-refractivity contribution in [1.82, 2.24) is 0 Å². The number of hydrogen-bond acceptors (Lipinski definition) is 6. The summed E-state index contributed by atoms with van der Waals surface area (Å²) in [5, 5.41) is 9.01. The van der Waals surface area contributed by atoms with Crippen LogP contribution >= 0.6 is 46.7 Å². The lowest BCUT2D eigenvalue weighted by atomic mass is 10.5. The summed E-state index contributed by atoms with van der Waals surface area (Å²) in [5.41, 5.74) is 0. The summed E-state index contributed by atoms with van der Waals surface area (Å²) in [6.07, 6.45) is 5.65. The molecule has 0 aromatic heterocycles. The first-order valence-corrected chi connectivity index (χ1v) is 6.25. The van der Waals surface area contributed by atoms with Gasteiger partial charge in [-0.25, -0.2) is 0 Å². The molecule has 0 aliphatic carbocycles. The molecule has 2 atom stereocenters. The van der Waals surface area contributed by atoms with Gasteiger partial charge < -0.3 is 14.4 Å². The molecule has 0 rings (SSSR count). The number of terminal acetylenes is 1. The molecule has 0 amide bonds. The molecule has 0 aliphatic rings. The largest absolute Gasteiger partial charge is 0.368 e. The van der Waals surface area contributed by atoms with E-state index in [4.69, 9.17) is 20.8 Å². The van der Waals surface area contributed by atoms with Crippen molar-refractivity contribution < 1.29 is 14.4 Å². The fourth-order valence-corrected chi connectivity index (χ4v) is 1.85. The van der Waals surface area contributed by atoms with Gasteiger partial charge in [-0.2, -0.15) is 12.6 Å². The van der Waals surface area contributed by atoms with E-state index < -0.39 is 4.45 Å². The molecule has 1 N–H and O–H groups in total. The third kappa shape index (κ3) is 11.0. The predicted molar refractivity (Wildman–Crippen MR) is 69.6 cm³/mol. The van der Waals surface area contributed by atoms with Gasteiger partial charge in [0.1, 0.15) is 6.61 Å². The summed E-state index contributed by atoms with van der Waals surface area (Å²) in [5.74, 6) is 2.35. The standard InChI is InChI=1S/C7H13O3PS3/c1-2-3-9-4-6(12)5-11-10-7(8,13)14/h1,6,8,11-14H,3-5H2. The van der Waals surface area contributed by atoms with Crippen LogP contribution in [0.25, 0.3) is 0 Å². The summed E-state index contributed by atoms with van der Waals surface area (Å²) in [6.45, 7) is 0.741. The number of aliphatic hydroxyl groups is 1. The zero-order chi connectivity index (χ0) is 11.0. The quantitative estimate of drug-likeness (QED) is 0.184. The summed E-state index contributed by atoms with van der Waals surface area (Å²) in [7, 11) is 0.0650. The lowest BCUT2D eigenvalue weighted by molar-refractivity contribution is 0.0474. The van der Waals surface area contributed by atoms with E-state index in [0.29, 0.717) is 12.8 Å². The molecular formula is C7H13O3PS3. The Morgan fingerprint density at radius 3 is 2.71 bits per heavy atom. The predicted octanol–water partition coefficient (Wildman–Crippen LogP) is 1.01. The highest BCUT2D eigenvalue weighted by Crippen LogP contribution is 2.28. The molecule has 0 fully saturated rings. The molecule has 0 aliphatic heterocycles. The molecule has 14 heavy (non-hydrogen) atoms. The molecule has 7 heteroatoms. The molecule has 82 valence electrons. The minimum absolute atomic E-state index is 0.0331. The van der Waals surface area contributed by atoms with Crippen LogP contribution in [-0.4, -0.2) is 34.2 Å². The fraction of sp³-hybridized carbons (Fsp3) is 0.714. The second kappa shape index (κ2) is 8.12. The summed E-state index contributed by atoms with van der Waals surface area (Å²) in [4.78, 5) is 0. The smallest absolute Gasteiger partial charge is 0.264 e. The highest BCUT2D eigenvalue weighted by atomic mass is 32.2. The third-order valence-corrected chi connectivity index (χ3v) is 3.32. The highest BCUT2D eigenvalue weighted by Gasteiger charge is 2.15. The average Bonchev–Trinajstić information content (AvgIpc) is 2.02. The zero-order valence-electron chi connectivity index (χ0n) is 7.38. The Labute approximate surface area is 102 Å². The molecule has 0 saturated heterocycles. The maximum Gasteiger partial charge on any atom is 0.264 e. The van der Waals surface area contributed by atoms with Crippen LogP contribution in [0.4, 0.5) is 0 Å². The first kappa shape index (κ1) is 14.9. The summed E-state index contributed by atoms with van der Waals surface area (Å²) < 4.78 is 8.26. The van der Waals surface area contributed by atoms with Gasteiger partial charge >= 0.3 is 0 Å². The van der Waals surface area contributed by atoms with Gasteiger partial charge in [0.05, 0.1) is 6.61 Å². The third-order valence-electron chi connectivity index (χ3n) is 1.02. The monoisotopic (exact) mass is 272 g/mol. The van der Waals surface area contributed by atoms with Gasteiger partial charge in [-0.1, -0.05) is 5.92 Å². The van der Waals surface area contributed by atoms with Gasteiger partial charge in [0.2, 0.25) is 0 Å². The molecule has 2 unspecified atom stereocenters. The van der Waals surface area contributed by atoms with Gasteiger partial charge in [0, 0.05) is 20.2 Å². The maximum atomic E-state index is 8.98. The van der Waals surface area contributed by atoms with Crippen LogP contribution in [0.5, 0.6) is 0 Å². The van der Waals surface area contributed by atoms with E-state index in [9.17, 15) is 0 Å². The van der Waals surface area contributed by atoms with Crippen molar-refractivity contribution in [2.75, 3.05) is 19.4 Å². The number of hydrogen-bond donors (Lipinski definition) is 4. The Morgan fingerprint density at radius 2 is 2.21 bits per heavy atom. The van der Waals surface area contributed by atoms with Gasteiger partial charge in [-0.3, -0.25) is 0 Å². The molecule has 0 radical (unpaired) electrons. The average molecular weight is 272 g/mol. The van der Waals surface area contributed by atoms with Crippen LogP contribution in [0.15, 0.2) is 0 Å². The summed E-state index contributed by atoms with van der Waals surface area (Å²) in [6, 6.07) is 0. The molecular weight excluding hydrogens is 259 g/mol. The number of rotatable bonds is 7. The van der Waals surface area contributed by atoms with Gasteiger partial charge in [0.15, 0.2) is 0 Å². The lowest BCUT2D eigenvalue weighted by Crippen LogP contribution is -2.15. The Morgan fingerprint density at radius 1 is 1.57 bits per heavy atom. The number of ether oxygens (including phenoxy) is 1. The molecule has 0 spiro atoms. The normalized spacial score (nSPS) is 14.5. The number of thiol groups is 3. The van der Waals surface area contributed by atoms with Crippen molar-refractivity contribution in [3.8, 4) is 12.3 Å². The van der Waals surface area contributed by atoms with Crippen LogP contribution in [0.1, 0.15) is 0 Å². The zero-order valence-corrected chi connectivity index (χ0v) is 11.1. The Hall–Kier alpha value is 0.920. The van der Waals surface area contributed by atoms with Crippen LogP contribution in [0, 0.1) is 12.3 Å². The minimum atomic E-state index is -1.67. The van der Waals surface area contributed by atoms with E-state index in [0.717, 1.165) is 0 Å².